The highest BCUT2D eigenvalue weighted by molar-refractivity contribution is 5.84. The molecule has 0 radical (unpaired) electrons. The molecule has 0 bridgehead atoms. The van der Waals surface area contributed by atoms with Crippen molar-refractivity contribution in [3.8, 4) is 0 Å². The first-order valence-electron chi connectivity index (χ1n) is 11.0. The number of Topliss-reactive ketones (excluding diaryl/α,β-unsaturated/α-hetero) is 1. The fraction of sp³-hybridized carbons (Fsp3) is 0.826. The first-order chi connectivity index (χ1) is 13.8. The van der Waals surface area contributed by atoms with Crippen molar-refractivity contribution in [1.29, 1.82) is 0 Å². The molecule has 0 saturated heterocycles. The molecule has 2 N–H and O–H groups in total. The van der Waals surface area contributed by atoms with Gasteiger partial charge < -0.3 is 19.7 Å². The number of esters is 1. The van der Waals surface area contributed by atoms with Gasteiger partial charge in [0, 0.05) is 31.8 Å². The Balaban J connectivity index is 2.57. The third-order valence-corrected chi connectivity index (χ3v) is 6.24. The van der Waals surface area contributed by atoms with Gasteiger partial charge in [0.2, 0.25) is 0 Å². The quantitative estimate of drug-likeness (QED) is 0.257. The third-order valence-electron chi connectivity index (χ3n) is 6.24. The average Bonchev–Trinajstić information content (AvgIpc) is 2.98. The standard InChI is InChI=1S/C23H40O6/c1-5-6-15-23(2,29-4)21(26)14-13-18-17(19(24)16-20(18)25)11-9-7-8-10-12-22(27)28-3/h13-14,17-18,20-21,25-26H,5-12,15-16H2,1-4H3/b14-13+/t17-,18?,20-,21+,23-/m1/s1. The zero-order valence-corrected chi connectivity index (χ0v) is 18.6. The zero-order chi connectivity index (χ0) is 21.9. The number of unbranched alkanes of at least 4 members (excludes halogenated alkanes) is 4. The second-order valence-electron chi connectivity index (χ2n) is 8.40. The van der Waals surface area contributed by atoms with E-state index in [4.69, 9.17) is 4.74 Å². The first kappa shape index (κ1) is 25.8. The lowest BCUT2D eigenvalue weighted by atomic mass is 9.86. The van der Waals surface area contributed by atoms with Crippen LogP contribution in [0.2, 0.25) is 0 Å². The molecule has 1 fully saturated rings. The van der Waals surface area contributed by atoms with Crippen LogP contribution in [0.5, 0.6) is 0 Å². The van der Waals surface area contributed by atoms with Crippen LogP contribution in [0, 0.1) is 11.8 Å². The summed E-state index contributed by atoms with van der Waals surface area (Å²) in [6.07, 6.45) is 9.58. The van der Waals surface area contributed by atoms with Crippen molar-refractivity contribution in [3.63, 3.8) is 0 Å². The molecule has 6 nitrogen and oxygen atoms in total. The Morgan fingerprint density at radius 1 is 1.24 bits per heavy atom. The minimum atomic E-state index is -0.791. The van der Waals surface area contributed by atoms with Crippen molar-refractivity contribution in [2.45, 2.75) is 95.9 Å². The Kier molecular flexibility index (Phi) is 11.7. The van der Waals surface area contributed by atoms with Gasteiger partial charge in [0.25, 0.3) is 0 Å². The third kappa shape index (κ3) is 8.19. The van der Waals surface area contributed by atoms with Crippen LogP contribution in [0.3, 0.4) is 0 Å². The van der Waals surface area contributed by atoms with E-state index in [0.717, 1.165) is 51.4 Å². The van der Waals surface area contributed by atoms with Crippen molar-refractivity contribution in [2.24, 2.45) is 11.8 Å². The van der Waals surface area contributed by atoms with E-state index >= 15 is 0 Å². The summed E-state index contributed by atoms with van der Waals surface area (Å²) >= 11 is 0. The summed E-state index contributed by atoms with van der Waals surface area (Å²) in [5.41, 5.74) is -0.671. The summed E-state index contributed by atoms with van der Waals surface area (Å²) in [4.78, 5) is 23.5. The monoisotopic (exact) mass is 412 g/mol. The summed E-state index contributed by atoms with van der Waals surface area (Å²) in [5.74, 6) is -0.570. The van der Waals surface area contributed by atoms with Crippen molar-refractivity contribution in [2.75, 3.05) is 14.2 Å². The second-order valence-corrected chi connectivity index (χ2v) is 8.40. The van der Waals surface area contributed by atoms with E-state index in [1.165, 1.54) is 7.11 Å². The highest BCUT2D eigenvalue weighted by Crippen LogP contribution is 2.35. The molecule has 0 heterocycles. The molecule has 1 saturated carbocycles. The van der Waals surface area contributed by atoms with Gasteiger partial charge >= 0.3 is 5.97 Å². The van der Waals surface area contributed by atoms with Gasteiger partial charge in [0.1, 0.15) is 11.9 Å². The molecule has 5 atom stereocenters. The van der Waals surface area contributed by atoms with Crippen molar-refractivity contribution >= 4 is 11.8 Å². The maximum absolute atomic E-state index is 12.3. The fourth-order valence-electron chi connectivity index (χ4n) is 4.02. The number of aliphatic hydroxyl groups excluding tert-OH is 2. The average molecular weight is 413 g/mol. The number of methoxy groups -OCH3 is 2. The fourth-order valence-corrected chi connectivity index (χ4v) is 4.02. The summed E-state index contributed by atoms with van der Waals surface area (Å²) in [5, 5.41) is 21.0. The van der Waals surface area contributed by atoms with Gasteiger partial charge in [-0.2, -0.15) is 0 Å². The van der Waals surface area contributed by atoms with Gasteiger partial charge in [0.15, 0.2) is 0 Å². The van der Waals surface area contributed by atoms with E-state index in [2.05, 4.69) is 11.7 Å². The van der Waals surface area contributed by atoms with Crippen molar-refractivity contribution in [1.82, 2.24) is 0 Å². The lowest BCUT2D eigenvalue weighted by molar-refractivity contribution is -0.140. The summed E-state index contributed by atoms with van der Waals surface area (Å²) in [7, 11) is 2.99. The highest BCUT2D eigenvalue weighted by atomic mass is 16.5. The van der Waals surface area contributed by atoms with Gasteiger partial charge in [0.05, 0.1) is 18.8 Å². The lowest BCUT2D eigenvalue weighted by Crippen LogP contribution is -2.40. The van der Waals surface area contributed by atoms with Crippen molar-refractivity contribution in [3.05, 3.63) is 12.2 Å². The van der Waals surface area contributed by atoms with Crippen LogP contribution >= 0.6 is 0 Å². The van der Waals surface area contributed by atoms with Crippen LogP contribution in [0.4, 0.5) is 0 Å². The van der Waals surface area contributed by atoms with Gasteiger partial charge in [-0.1, -0.05) is 51.2 Å². The first-order valence-corrected chi connectivity index (χ1v) is 11.0. The molecule has 6 heteroatoms. The number of ketones is 1. The van der Waals surface area contributed by atoms with Crippen LogP contribution in [-0.2, 0) is 19.1 Å². The molecule has 0 amide bonds. The maximum Gasteiger partial charge on any atom is 0.305 e. The molecule has 0 aromatic heterocycles. The van der Waals surface area contributed by atoms with Crippen LogP contribution in [-0.4, -0.2) is 54.0 Å². The topological polar surface area (TPSA) is 93.1 Å². The summed E-state index contributed by atoms with van der Waals surface area (Å²) < 4.78 is 10.2. The second kappa shape index (κ2) is 13.1. The van der Waals surface area contributed by atoms with Crippen LogP contribution in [0.25, 0.3) is 0 Å². The van der Waals surface area contributed by atoms with Gasteiger partial charge in [-0.05, 0) is 26.2 Å². The van der Waals surface area contributed by atoms with E-state index in [0.29, 0.717) is 6.42 Å². The number of carbonyl (C=O) groups excluding carboxylic acids is 2. The molecular weight excluding hydrogens is 372 g/mol. The van der Waals surface area contributed by atoms with E-state index in [-0.39, 0.29) is 30.0 Å². The van der Waals surface area contributed by atoms with Gasteiger partial charge in [-0.3, -0.25) is 9.59 Å². The maximum atomic E-state index is 12.3. The Labute approximate surface area is 175 Å². The van der Waals surface area contributed by atoms with E-state index in [1.54, 1.807) is 13.2 Å². The minimum absolute atomic E-state index is 0.0942. The normalized spacial score (nSPS) is 25.3. The van der Waals surface area contributed by atoms with Gasteiger partial charge in [-0.15, -0.1) is 0 Å². The molecule has 168 valence electrons. The van der Waals surface area contributed by atoms with E-state index in [1.807, 2.05) is 13.0 Å². The van der Waals surface area contributed by atoms with Crippen LogP contribution < -0.4 is 0 Å². The molecule has 1 rings (SSSR count). The number of hydrogen-bond acceptors (Lipinski definition) is 6. The number of ether oxygens (including phenoxy) is 2. The molecule has 1 aliphatic carbocycles. The molecular formula is C23H40O6. The number of carbonyl (C=O) groups is 2. The minimum Gasteiger partial charge on any atom is -0.469 e. The highest BCUT2D eigenvalue weighted by Gasteiger charge is 2.40. The number of hydrogen-bond donors (Lipinski definition) is 2. The predicted octanol–water partition coefficient (Wildman–Crippen LogP) is 3.58. The summed E-state index contributed by atoms with van der Waals surface area (Å²) in [6, 6.07) is 0. The molecule has 1 aliphatic rings. The van der Waals surface area contributed by atoms with Gasteiger partial charge in [-0.25, -0.2) is 0 Å². The molecule has 1 unspecified atom stereocenters. The Bertz CT molecular complexity index is 531. The van der Waals surface area contributed by atoms with E-state index < -0.39 is 17.8 Å². The Morgan fingerprint density at radius 2 is 1.93 bits per heavy atom. The molecule has 0 aliphatic heterocycles. The summed E-state index contributed by atoms with van der Waals surface area (Å²) in [6.45, 7) is 3.98. The molecule has 29 heavy (non-hydrogen) atoms. The lowest BCUT2D eigenvalue weighted by Gasteiger charge is -2.32. The molecule has 0 aromatic rings. The zero-order valence-electron chi connectivity index (χ0n) is 18.6. The number of rotatable bonds is 14. The number of aliphatic hydroxyl groups is 2. The largest absolute Gasteiger partial charge is 0.469 e. The van der Waals surface area contributed by atoms with Crippen molar-refractivity contribution < 1.29 is 29.3 Å². The smallest absolute Gasteiger partial charge is 0.305 e. The Morgan fingerprint density at radius 3 is 2.55 bits per heavy atom. The van der Waals surface area contributed by atoms with Crippen LogP contribution in [0.1, 0.15) is 78.1 Å². The SMILES string of the molecule is CCCC[C@@](C)(OC)[C@@H](O)/C=C/C1[C@H](O)CC(=O)[C@@H]1CCCCCCC(=O)OC. The molecule has 0 spiro atoms. The Hall–Kier alpha value is -1.24. The van der Waals surface area contributed by atoms with E-state index in [9.17, 15) is 19.8 Å². The predicted molar refractivity (Wildman–Crippen MR) is 112 cm³/mol. The molecule has 0 aromatic carbocycles. The van der Waals surface area contributed by atoms with Crippen LogP contribution in [0.15, 0.2) is 12.2 Å².